The van der Waals surface area contributed by atoms with Gasteiger partial charge in [-0.2, -0.15) is 0 Å². The Bertz CT molecular complexity index is 3400. The highest BCUT2D eigenvalue weighted by atomic mass is 16.5. The van der Waals surface area contributed by atoms with Gasteiger partial charge in [-0.25, -0.2) is 0 Å². The molecule has 0 atom stereocenters. The van der Waals surface area contributed by atoms with Gasteiger partial charge in [-0.15, -0.1) is 0 Å². The molecule has 272 valence electrons. The van der Waals surface area contributed by atoms with E-state index in [-0.39, 0.29) is 0 Å². The second-order valence-electron chi connectivity index (χ2n) is 16.6. The molecule has 3 aliphatic carbocycles. The van der Waals surface area contributed by atoms with E-state index in [2.05, 4.69) is 206 Å². The second-order valence-corrected chi connectivity index (χ2v) is 16.6. The van der Waals surface area contributed by atoms with Crippen LogP contribution in [0.2, 0.25) is 0 Å². The quantitative estimate of drug-likeness (QED) is 0.163. The Morgan fingerprint density at radius 1 is 0.288 bits per heavy atom. The van der Waals surface area contributed by atoms with E-state index in [0.29, 0.717) is 0 Å². The first kappa shape index (κ1) is 31.6. The highest BCUT2D eigenvalue weighted by Gasteiger charge is 2.53. The van der Waals surface area contributed by atoms with Crippen LogP contribution in [0.25, 0.3) is 66.1 Å². The Kier molecular flexibility index (Phi) is 5.96. The zero-order valence-electron chi connectivity index (χ0n) is 32.0. The SMILES string of the molecule is c1ccc2c(c1)-c1ccccc1C21c2cc(-c3ccc4c(c3)C3(c5ccccc5-c5ccccc53)c3ccc5ccccc5c3-4)ccc2Oc2c1ccc1ccccc21. The predicted molar refractivity (Wildman–Crippen MR) is 241 cm³/mol. The molecule has 0 radical (unpaired) electrons. The van der Waals surface area contributed by atoms with Crippen molar-refractivity contribution in [1.29, 1.82) is 0 Å². The van der Waals surface area contributed by atoms with Crippen molar-refractivity contribution in [3.63, 3.8) is 0 Å². The smallest absolute Gasteiger partial charge is 0.140 e. The van der Waals surface area contributed by atoms with Gasteiger partial charge in [-0.1, -0.05) is 188 Å². The molecule has 1 aliphatic heterocycles. The first-order chi connectivity index (χ1) is 29.3. The van der Waals surface area contributed by atoms with Crippen LogP contribution in [-0.2, 0) is 10.8 Å². The third kappa shape index (κ3) is 3.73. The molecule has 0 bridgehead atoms. The number of rotatable bonds is 1. The molecule has 14 rings (SSSR count). The molecule has 10 aromatic carbocycles. The molecule has 0 saturated carbocycles. The summed E-state index contributed by atoms with van der Waals surface area (Å²) in [5.41, 5.74) is 19.6. The third-order valence-electron chi connectivity index (χ3n) is 14.1. The Morgan fingerprint density at radius 2 is 0.746 bits per heavy atom. The van der Waals surface area contributed by atoms with Crippen molar-refractivity contribution in [2.75, 3.05) is 0 Å². The van der Waals surface area contributed by atoms with Gasteiger partial charge in [0, 0.05) is 16.5 Å². The topological polar surface area (TPSA) is 9.23 Å². The van der Waals surface area contributed by atoms with Gasteiger partial charge >= 0.3 is 0 Å². The molecule has 1 heteroatoms. The average Bonchev–Trinajstić information content (AvgIpc) is 3.89. The number of fused-ring (bicyclic) bond motifs is 23. The van der Waals surface area contributed by atoms with E-state index in [9.17, 15) is 0 Å². The van der Waals surface area contributed by atoms with Crippen LogP contribution in [0, 0.1) is 0 Å². The van der Waals surface area contributed by atoms with Crippen LogP contribution >= 0.6 is 0 Å². The molecule has 0 aromatic heterocycles. The summed E-state index contributed by atoms with van der Waals surface area (Å²) in [5.74, 6) is 1.84. The maximum absolute atomic E-state index is 7.11. The lowest BCUT2D eigenvalue weighted by Crippen LogP contribution is -2.32. The summed E-state index contributed by atoms with van der Waals surface area (Å²) >= 11 is 0. The fourth-order valence-corrected chi connectivity index (χ4v) is 11.9. The molecule has 0 amide bonds. The number of hydrogen-bond acceptors (Lipinski definition) is 1. The first-order valence-electron chi connectivity index (χ1n) is 20.7. The zero-order valence-corrected chi connectivity index (χ0v) is 32.0. The molecule has 10 aromatic rings. The molecule has 0 N–H and O–H groups in total. The molecular weight excluding hydrogens is 713 g/mol. The zero-order chi connectivity index (χ0) is 38.5. The van der Waals surface area contributed by atoms with Crippen LogP contribution in [-0.4, -0.2) is 0 Å². The lowest BCUT2D eigenvalue weighted by atomic mass is 9.65. The molecule has 2 spiro atoms. The summed E-state index contributed by atoms with van der Waals surface area (Å²) in [6.07, 6.45) is 0. The maximum Gasteiger partial charge on any atom is 0.140 e. The van der Waals surface area contributed by atoms with E-state index in [1.807, 2.05) is 0 Å². The van der Waals surface area contributed by atoms with E-state index >= 15 is 0 Å². The van der Waals surface area contributed by atoms with Gasteiger partial charge in [0.05, 0.1) is 10.8 Å². The van der Waals surface area contributed by atoms with Crippen LogP contribution in [0.15, 0.2) is 206 Å². The second kappa shape index (κ2) is 11.1. The number of hydrogen-bond donors (Lipinski definition) is 0. The van der Waals surface area contributed by atoms with Crippen LogP contribution < -0.4 is 4.74 Å². The van der Waals surface area contributed by atoms with Gasteiger partial charge < -0.3 is 4.74 Å². The van der Waals surface area contributed by atoms with E-state index in [0.717, 1.165) is 16.9 Å². The van der Waals surface area contributed by atoms with Gasteiger partial charge in [0.1, 0.15) is 11.5 Å². The van der Waals surface area contributed by atoms with Crippen molar-refractivity contribution in [2.45, 2.75) is 10.8 Å². The van der Waals surface area contributed by atoms with E-state index in [4.69, 9.17) is 4.74 Å². The molecule has 0 unspecified atom stereocenters. The van der Waals surface area contributed by atoms with Gasteiger partial charge in [-0.05, 0) is 112 Å². The van der Waals surface area contributed by atoms with Crippen LogP contribution in [0.4, 0.5) is 0 Å². The summed E-state index contributed by atoms with van der Waals surface area (Å²) in [4.78, 5) is 0. The lowest BCUT2D eigenvalue weighted by Gasteiger charge is -2.40. The average molecular weight is 747 g/mol. The van der Waals surface area contributed by atoms with Gasteiger partial charge in [0.2, 0.25) is 0 Å². The molecule has 59 heavy (non-hydrogen) atoms. The molecular formula is C58H34O. The lowest BCUT2D eigenvalue weighted by molar-refractivity contribution is 0.442. The third-order valence-corrected chi connectivity index (χ3v) is 14.1. The monoisotopic (exact) mass is 746 g/mol. The van der Waals surface area contributed by atoms with Crippen molar-refractivity contribution in [1.82, 2.24) is 0 Å². The van der Waals surface area contributed by atoms with Crippen molar-refractivity contribution in [3.8, 4) is 56.0 Å². The first-order valence-corrected chi connectivity index (χ1v) is 20.7. The Balaban J connectivity index is 1.06. The minimum absolute atomic E-state index is 0.445. The summed E-state index contributed by atoms with van der Waals surface area (Å²) in [7, 11) is 0. The minimum Gasteiger partial charge on any atom is -0.456 e. The molecule has 0 fully saturated rings. The van der Waals surface area contributed by atoms with Crippen molar-refractivity contribution < 1.29 is 4.74 Å². The minimum atomic E-state index is -0.563. The summed E-state index contributed by atoms with van der Waals surface area (Å²) in [5, 5.41) is 4.88. The fourth-order valence-electron chi connectivity index (χ4n) is 11.9. The van der Waals surface area contributed by atoms with Gasteiger partial charge in [-0.3, -0.25) is 0 Å². The summed E-state index contributed by atoms with van der Waals surface area (Å²) in [6, 6.07) is 77.2. The highest BCUT2D eigenvalue weighted by Crippen LogP contribution is 2.66. The normalized spacial score (nSPS) is 14.8. The van der Waals surface area contributed by atoms with Crippen LogP contribution in [0.5, 0.6) is 11.5 Å². The molecule has 1 nitrogen and oxygen atoms in total. The van der Waals surface area contributed by atoms with E-state index in [1.165, 1.54) is 105 Å². The Morgan fingerprint density at radius 3 is 1.36 bits per heavy atom. The van der Waals surface area contributed by atoms with E-state index in [1.54, 1.807) is 0 Å². The number of ether oxygens (including phenoxy) is 1. The van der Waals surface area contributed by atoms with Gasteiger partial charge in [0.25, 0.3) is 0 Å². The Hall–Kier alpha value is -7.48. The summed E-state index contributed by atoms with van der Waals surface area (Å²) < 4.78 is 7.11. The molecule has 0 saturated heterocycles. The van der Waals surface area contributed by atoms with Crippen LogP contribution in [0.1, 0.15) is 44.5 Å². The van der Waals surface area contributed by atoms with Crippen molar-refractivity contribution >= 4 is 21.5 Å². The van der Waals surface area contributed by atoms with Crippen molar-refractivity contribution in [3.05, 3.63) is 251 Å². The van der Waals surface area contributed by atoms with Crippen LogP contribution in [0.3, 0.4) is 0 Å². The number of benzene rings is 10. The van der Waals surface area contributed by atoms with Crippen molar-refractivity contribution in [2.24, 2.45) is 0 Å². The van der Waals surface area contributed by atoms with E-state index < -0.39 is 10.8 Å². The van der Waals surface area contributed by atoms with Gasteiger partial charge in [0.15, 0.2) is 0 Å². The standard InChI is InChI=1S/C58H34O/c1-3-15-39-35(13-1)26-30-50-55(39)45-29-25-37(33-52(45)57(50)46-21-9-5-17-41(46)42-18-6-10-22-47(42)57)38-28-32-54-53(34-38)58(51-31-27-36-14-2-4-16-40(36)56(51)59-54)48-23-11-7-19-43(48)44-20-8-12-24-49(44)58/h1-34H. The predicted octanol–water partition coefficient (Wildman–Crippen LogP) is 14.5. The highest BCUT2D eigenvalue weighted by molar-refractivity contribution is 6.07. The largest absolute Gasteiger partial charge is 0.456 e. The maximum atomic E-state index is 7.11. The summed E-state index contributed by atoms with van der Waals surface area (Å²) in [6.45, 7) is 0. The Labute approximate surface area is 342 Å². The molecule has 1 heterocycles. The molecule has 4 aliphatic rings. The fraction of sp³-hybridized carbons (Fsp3) is 0.0345.